The number of ether oxygens (including phenoxy) is 1. The van der Waals surface area contributed by atoms with Gasteiger partial charge in [0, 0.05) is 0 Å². The Kier molecular flexibility index (Phi) is 7.18. The number of rotatable bonds is 9. The van der Waals surface area contributed by atoms with E-state index >= 15 is 0 Å². The van der Waals surface area contributed by atoms with Gasteiger partial charge >= 0.3 is 0 Å². The molecule has 0 saturated heterocycles. The third-order valence-corrected chi connectivity index (χ3v) is 4.81. The molecule has 0 radical (unpaired) electrons. The highest BCUT2D eigenvalue weighted by molar-refractivity contribution is 7.89. The second-order valence-corrected chi connectivity index (χ2v) is 7.00. The van der Waals surface area contributed by atoms with Crippen molar-refractivity contribution in [1.82, 2.24) is 0 Å². The summed E-state index contributed by atoms with van der Waals surface area (Å²) in [5.41, 5.74) is 1.51. The van der Waals surface area contributed by atoms with Crippen molar-refractivity contribution in [3.05, 3.63) is 23.3 Å². The molecule has 0 aliphatic heterocycles. The van der Waals surface area contributed by atoms with Crippen LogP contribution >= 0.6 is 0 Å². The van der Waals surface area contributed by atoms with Gasteiger partial charge in [-0.2, -0.15) is 0 Å². The van der Waals surface area contributed by atoms with Gasteiger partial charge in [0.15, 0.2) is 0 Å². The maximum Gasteiger partial charge on any atom is 0.238 e. The smallest absolute Gasteiger partial charge is 0.238 e. The average Bonchev–Trinajstić information content (AvgIpc) is 2.41. The van der Waals surface area contributed by atoms with E-state index in [0.29, 0.717) is 12.2 Å². The van der Waals surface area contributed by atoms with Gasteiger partial charge in [-0.05, 0) is 43.5 Å². The number of benzene rings is 1. The maximum atomic E-state index is 11.4. The Labute approximate surface area is 128 Å². The quantitative estimate of drug-likeness (QED) is 0.707. The molecule has 4 nitrogen and oxygen atoms in total. The molecule has 0 saturated carbocycles. The second-order valence-electron chi connectivity index (χ2n) is 5.47. The van der Waals surface area contributed by atoms with E-state index in [-0.39, 0.29) is 4.90 Å². The minimum Gasteiger partial charge on any atom is -0.493 e. The fourth-order valence-corrected chi connectivity index (χ4v) is 3.14. The van der Waals surface area contributed by atoms with E-state index in [1.54, 1.807) is 13.0 Å². The van der Waals surface area contributed by atoms with Crippen molar-refractivity contribution in [2.45, 2.75) is 64.2 Å². The monoisotopic (exact) mass is 313 g/mol. The molecule has 1 rings (SSSR count). The normalized spacial score (nSPS) is 11.6. The number of hydrogen-bond acceptors (Lipinski definition) is 3. The summed E-state index contributed by atoms with van der Waals surface area (Å²) in [6.07, 6.45) is 7.29. The standard InChI is InChI=1S/C16H27NO3S/c1-4-5-6-7-8-9-12-20-15-10-11-16(21(17,18)19)14(3)13(15)2/h10-11H,4-9,12H2,1-3H3,(H2,17,18,19). The zero-order valence-corrected chi connectivity index (χ0v) is 14.1. The summed E-state index contributed by atoms with van der Waals surface area (Å²) in [6, 6.07) is 3.22. The number of hydrogen-bond donors (Lipinski definition) is 1. The van der Waals surface area contributed by atoms with Crippen molar-refractivity contribution in [2.24, 2.45) is 5.14 Å². The number of nitrogens with two attached hydrogens (primary N) is 1. The van der Waals surface area contributed by atoms with Crippen molar-refractivity contribution < 1.29 is 13.2 Å². The number of sulfonamides is 1. The predicted octanol–water partition coefficient (Wildman–Crippen LogP) is 3.69. The summed E-state index contributed by atoms with van der Waals surface area (Å²) in [6.45, 7) is 6.49. The first-order valence-electron chi connectivity index (χ1n) is 7.63. The van der Waals surface area contributed by atoms with E-state index in [9.17, 15) is 8.42 Å². The van der Waals surface area contributed by atoms with Crippen LogP contribution in [0.25, 0.3) is 0 Å². The molecule has 0 aliphatic carbocycles. The molecule has 1 aromatic carbocycles. The lowest BCUT2D eigenvalue weighted by atomic mass is 10.1. The van der Waals surface area contributed by atoms with Crippen LogP contribution in [-0.2, 0) is 10.0 Å². The summed E-state index contributed by atoms with van der Waals surface area (Å²) >= 11 is 0. The van der Waals surface area contributed by atoms with E-state index < -0.39 is 10.0 Å². The van der Waals surface area contributed by atoms with Gasteiger partial charge in [0.2, 0.25) is 10.0 Å². The van der Waals surface area contributed by atoms with Crippen molar-refractivity contribution in [3.63, 3.8) is 0 Å². The topological polar surface area (TPSA) is 69.4 Å². The summed E-state index contributed by atoms with van der Waals surface area (Å²) in [5.74, 6) is 0.744. The Hall–Kier alpha value is -1.07. The molecule has 0 amide bonds. The van der Waals surface area contributed by atoms with Crippen LogP contribution in [0, 0.1) is 13.8 Å². The fourth-order valence-electron chi connectivity index (χ4n) is 2.30. The van der Waals surface area contributed by atoms with Crippen molar-refractivity contribution in [1.29, 1.82) is 0 Å². The zero-order valence-electron chi connectivity index (χ0n) is 13.3. The Morgan fingerprint density at radius 1 is 1.00 bits per heavy atom. The molecule has 120 valence electrons. The third kappa shape index (κ3) is 5.67. The molecule has 5 heteroatoms. The van der Waals surface area contributed by atoms with E-state index in [0.717, 1.165) is 17.7 Å². The van der Waals surface area contributed by atoms with Gasteiger partial charge in [0.1, 0.15) is 5.75 Å². The second kappa shape index (κ2) is 8.39. The lowest BCUT2D eigenvalue weighted by Gasteiger charge is -2.13. The Morgan fingerprint density at radius 2 is 1.62 bits per heavy atom. The van der Waals surface area contributed by atoms with E-state index in [2.05, 4.69) is 6.92 Å². The van der Waals surface area contributed by atoms with Crippen molar-refractivity contribution in [3.8, 4) is 5.75 Å². The van der Waals surface area contributed by atoms with Crippen LogP contribution in [0.15, 0.2) is 17.0 Å². The first-order chi connectivity index (χ1) is 9.88. The molecule has 21 heavy (non-hydrogen) atoms. The summed E-state index contributed by atoms with van der Waals surface area (Å²) in [4.78, 5) is 0.173. The summed E-state index contributed by atoms with van der Waals surface area (Å²) in [5, 5.41) is 5.19. The third-order valence-electron chi connectivity index (χ3n) is 3.75. The first kappa shape index (κ1) is 18.0. The Balaban J connectivity index is 2.52. The maximum absolute atomic E-state index is 11.4. The molecule has 0 unspecified atom stereocenters. The Morgan fingerprint density at radius 3 is 2.24 bits per heavy atom. The van der Waals surface area contributed by atoms with Gasteiger partial charge in [0.25, 0.3) is 0 Å². The Bertz CT molecular complexity index is 553. The molecule has 0 spiro atoms. The van der Waals surface area contributed by atoms with Gasteiger partial charge in [-0.25, -0.2) is 13.6 Å². The SMILES string of the molecule is CCCCCCCCOc1ccc(S(N)(=O)=O)c(C)c1C. The molecular formula is C16H27NO3S. The highest BCUT2D eigenvalue weighted by Crippen LogP contribution is 2.26. The highest BCUT2D eigenvalue weighted by atomic mass is 32.2. The fraction of sp³-hybridized carbons (Fsp3) is 0.625. The van der Waals surface area contributed by atoms with Crippen LogP contribution in [0.2, 0.25) is 0 Å². The zero-order chi connectivity index (χ0) is 15.9. The van der Waals surface area contributed by atoms with Crippen LogP contribution < -0.4 is 9.88 Å². The van der Waals surface area contributed by atoms with Crippen LogP contribution in [0.3, 0.4) is 0 Å². The molecule has 0 heterocycles. The van der Waals surface area contributed by atoms with Gasteiger partial charge in [-0.1, -0.05) is 39.0 Å². The largest absolute Gasteiger partial charge is 0.493 e. The lowest BCUT2D eigenvalue weighted by molar-refractivity contribution is 0.302. The molecule has 0 aliphatic rings. The van der Waals surface area contributed by atoms with Gasteiger partial charge in [-0.15, -0.1) is 0 Å². The number of unbranched alkanes of at least 4 members (excludes halogenated alkanes) is 5. The van der Waals surface area contributed by atoms with Crippen LogP contribution in [0.1, 0.15) is 56.6 Å². The minimum atomic E-state index is -3.67. The molecule has 0 bridgehead atoms. The summed E-state index contributed by atoms with van der Waals surface area (Å²) < 4.78 is 28.6. The molecule has 0 fully saturated rings. The molecular weight excluding hydrogens is 286 g/mol. The van der Waals surface area contributed by atoms with Crippen molar-refractivity contribution >= 4 is 10.0 Å². The predicted molar refractivity (Wildman–Crippen MR) is 86.2 cm³/mol. The van der Waals surface area contributed by atoms with Gasteiger partial charge < -0.3 is 4.74 Å². The molecule has 2 N–H and O–H groups in total. The molecule has 1 aromatic rings. The van der Waals surface area contributed by atoms with Gasteiger partial charge in [0.05, 0.1) is 11.5 Å². The van der Waals surface area contributed by atoms with Crippen molar-refractivity contribution in [2.75, 3.05) is 6.61 Å². The van der Waals surface area contributed by atoms with Crippen LogP contribution in [0.5, 0.6) is 5.75 Å². The highest BCUT2D eigenvalue weighted by Gasteiger charge is 2.15. The minimum absolute atomic E-state index is 0.173. The van der Waals surface area contributed by atoms with Gasteiger partial charge in [-0.3, -0.25) is 0 Å². The average molecular weight is 313 g/mol. The molecule has 0 atom stereocenters. The van der Waals surface area contributed by atoms with E-state index in [4.69, 9.17) is 9.88 Å². The number of primary sulfonamides is 1. The molecule has 0 aromatic heterocycles. The van der Waals surface area contributed by atoms with Crippen LogP contribution in [-0.4, -0.2) is 15.0 Å². The summed E-state index contributed by atoms with van der Waals surface area (Å²) in [7, 11) is -3.67. The van der Waals surface area contributed by atoms with E-state index in [1.807, 2.05) is 6.92 Å². The van der Waals surface area contributed by atoms with E-state index in [1.165, 1.54) is 38.2 Å². The van der Waals surface area contributed by atoms with Crippen LogP contribution in [0.4, 0.5) is 0 Å². The lowest BCUT2D eigenvalue weighted by Crippen LogP contribution is -2.14. The first-order valence-corrected chi connectivity index (χ1v) is 9.18.